The first kappa shape index (κ1) is 14.8. The fraction of sp³-hybridized carbons (Fsp3) is 0.143. The summed E-state index contributed by atoms with van der Waals surface area (Å²) in [6.45, 7) is 2.47. The van der Waals surface area contributed by atoms with Crippen LogP contribution in [0.2, 0.25) is 5.02 Å². The van der Waals surface area contributed by atoms with Crippen molar-refractivity contribution in [3.05, 3.63) is 61.2 Å². The number of benzene rings is 2. The van der Waals surface area contributed by atoms with Crippen LogP contribution in [0, 0.1) is 12.7 Å². The Balaban J connectivity index is 2.16. The van der Waals surface area contributed by atoms with E-state index in [1.165, 1.54) is 12.1 Å². The number of rotatable bonds is 3. The van der Waals surface area contributed by atoms with Crippen molar-refractivity contribution in [1.82, 2.24) is 0 Å². The average molecular weight is 408 g/mol. The van der Waals surface area contributed by atoms with E-state index in [9.17, 15) is 4.39 Å². The molecule has 0 saturated carbocycles. The Morgan fingerprint density at radius 3 is 2.58 bits per heavy atom. The molecule has 0 bridgehead atoms. The van der Waals surface area contributed by atoms with Gasteiger partial charge in [0.2, 0.25) is 0 Å². The number of halogens is 4. The van der Waals surface area contributed by atoms with Crippen LogP contribution in [0.3, 0.4) is 0 Å². The third kappa shape index (κ3) is 3.94. The van der Waals surface area contributed by atoms with Gasteiger partial charge in [-0.15, -0.1) is 0 Å². The number of anilines is 1. The number of hydrogen-bond donors (Lipinski definition) is 1. The lowest BCUT2D eigenvalue weighted by Crippen LogP contribution is -2.01. The van der Waals surface area contributed by atoms with Gasteiger partial charge in [0.15, 0.2) is 0 Å². The van der Waals surface area contributed by atoms with Crippen molar-refractivity contribution in [2.45, 2.75) is 13.5 Å². The number of hydrogen-bond acceptors (Lipinski definition) is 1. The molecule has 2 aromatic rings. The third-order valence-corrected chi connectivity index (χ3v) is 4.17. The molecule has 0 atom stereocenters. The fourth-order valence-electron chi connectivity index (χ4n) is 1.69. The third-order valence-electron chi connectivity index (χ3n) is 2.65. The van der Waals surface area contributed by atoms with Crippen molar-refractivity contribution < 1.29 is 4.39 Å². The first-order chi connectivity index (χ1) is 8.95. The van der Waals surface area contributed by atoms with Gasteiger partial charge in [-0.05, 0) is 64.3 Å². The summed E-state index contributed by atoms with van der Waals surface area (Å²) in [6, 6.07) is 8.62. The van der Waals surface area contributed by atoms with Crippen molar-refractivity contribution in [3.63, 3.8) is 0 Å². The fourth-order valence-corrected chi connectivity index (χ4v) is 2.97. The van der Waals surface area contributed by atoms with Gasteiger partial charge in [0.1, 0.15) is 5.82 Å². The van der Waals surface area contributed by atoms with Gasteiger partial charge in [-0.1, -0.05) is 27.5 Å². The van der Waals surface area contributed by atoms with Gasteiger partial charge in [-0.2, -0.15) is 0 Å². The maximum atomic E-state index is 13.3. The molecule has 0 aliphatic rings. The Labute approximate surface area is 133 Å². The molecule has 1 N–H and O–H groups in total. The van der Waals surface area contributed by atoms with Gasteiger partial charge in [0.05, 0.1) is 5.69 Å². The van der Waals surface area contributed by atoms with E-state index in [1.54, 1.807) is 0 Å². The van der Waals surface area contributed by atoms with Crippen molar-refractivity contribution in [1.29, 1.82) is 0 Å². The van der Waals surface area contributed by atoms with Gasteiger partial charge in [-0.25, -0.2) is 4.39 Å². The molecule has 0 fully saturated rings. The quantitative estimate of drug-likeness (QED) is 0.665. The highest BCUT2D eigenvalue weighted by Crippen LogP contribution is 2.29. The van der Waals surface area contributed by atoms with Crippen LogP contribution >= 0.6 is 43.5 Å². The van der Waals surface area contributed by atoms with E-state index in [1.807, 2.05) is 25.1 Å². The van der Waals surface area contributed by atoms with Gasteiger partial charge in [0.25, 0.3) is 0 Å². The van der Waals surface area contributed by atoms with Crippen LogP contribution in [-0.4, -0.2) is 0 Å². The lowest BCUT2D eigenvalue weighted by molar-refractivity contribution is 0.625. The maximum Gasteiger partial charge on any atom is 0.124 e. The minimum atomic E-state index is -0.257. The Morgan fingerprint density at radius 2 is 1.89 bits per heavy atom. The Bertz CT molecular complexity index is 596. The van der Waals surface area contributed by atoms with E-state index < -0.39 is 0 Å². The van der Waals surface area contributed by atoms with E-state index in [0.717, 1.165) is 25.8 Å². The van der Waals surface area contributed by atoms with Crippen LogP contribution in [-0.2, 0) is 6.54 Å². The molecular weight excluding hydrogens is 396 g/mol. The lowest BCUT2D eigenvalue weighted by atomic mass is 10.2. The van der Waals surface area contributed by atoms with Crippen LogP contribution in [0.15, 0.2) is 39.3 Å². The zero-order valence-corrected chi connectivity index (χ0v) is 14.0. The van der Waals surface area contributed by atoms with Crippen molar-refractivity contribution in [3.8, 4) is 0 Å². The minimum Gasteiger partial charge on any atom is -0.380 e. The van der Waals surface area contributed by atoms with Crippen LogP contribution in [0.4, 0.5) is 10.1 Å². The summed E-state index contributed by atoms with van der Waals surface area (Å²) in [5.41, 5.74) is 2.75. The molecule has 0 aliphatic carbocycles. The molecule has 0 aromatic heterocycles. The van der Waals surface area contributed by atoms with E-state index >= 15 is 0 Å². The first-order valence-corrected chi connectivity index (χ1v) is 7.56. The number of aryl methyl sites for hydroxylation is 1. The molecule has 0 aliphatic heterocycles. The second kappa shape index (κ2) is 6.25. The summed E-state index contributed by atoms with van der Waals surface area (Å²) < 4.78 is 14.9. The summed E-state index contributed by atoms with van der Waals surface area (Å²) in [7, 11) is 0. The second-order valence-corrected chi connectivity index (χ2v) is 6.39. The van der Waals surface area contributed by atoms with E-state index in [2.05, 4.69) is 37.2 Å². The maximum absolute atomic E-state index is 13.3. The first-order valence-electron chi connectivity index (χ1n) is 5.60. The zero-order chi connectivity index (χ0) is 14.0. The molecule has 0 amide bonds. The lowest BCUT2D eigenvalue weighted by Gasteiger charge is -2.11. The number of nitrogens with one attached hydrogen (secondary N) is 1. The van der Waals surface area contributed by atoms with Crippen molar-refractivity contribution in [2.24, 2.45) is 0 Å². The Morgan fingerprint density at radius 1 is 1.16 bits per heavy atom. The summed E-state index contributed by atoms with van der Waals surface area (Å²) in [5, 5.41) is 3.93. The summed E-state index contributed by atoms with van der Waals surface area (Å²) >= 11 is 12.8. The summed E-state index contributed by atoms with van der Waals surface area (Å²) in [5.74, 6) is -0.257. The Hall–Kier alpha value is -0.580. The molecule has 0 unspecified atom stereocenters. The van der Waals surface area contributed by atoms with Gasteiger partial charge in [0, 0.05) is 20.5 Å². The van der Waals surface area contributed by atoms with E-state index in [-0.39, 0.29) is 5.82 Å². The van der Waals surface area contributed by atoms with Gasteiger partial charge >= 0.3 is 0 Å². The molecule has 2 aromatic carbocycles. The highest BCUT2D eigenvalue weighted by Gasteiger charge is 2.05. The van der Waals surface area contributed by atoms with Crippen LogP contribution in [0.25, 0.3) is 0 Å². The largest absolute Gasteiger partial charge is 0.380 e. The SMILES string of the molecule is Cc1cc(Br)c(NCc2cc(F)cc(Br)c2)cc1Cl. The van der Waals surface area contributed by atoms with Crippen LogP contribution in [0.5, 0.6) is 0 Å². The van der Waals surface area contributed by atoms with Crippen LogP contribution < -0.4 is 5.32 Å². The predicted molar refractivity (Wildman–Crippen MR) is 85.3 cm³/mol. The highest BCUT2D eigenvalue weighted by molar-refractivity contribution is 9.10. The van der Waals surface area contributed by atoms with Crippen molar-refractivity contribution in [2.75, 3.05) is 5.32 Å². The molecule has 0 heterocycles. The van der Waals surface area contributed by atoms with E-state index in [4.69, 9.17) is 11.6 Å². The zero-order valence-electron chi connectivity index (χ0n) is 10.1. The molecule has 100 valence electrons. The highest BCUT2D eigenvalue weighted by atomic mass is 79.9. The molecule has 19 heavy (non-hydrogen) atoms. The molecule has 2 rings (SSSR count). The monoisotopic (exact) mass is 405 g/mol. The Kier molecular flexibility index (Phi) is 4.87. The molecule has 0 saturated heterocycles. The standard InChI is InChI=1S/C14H11Br2ClFN/c1-8-2-12(16)14(6-13(8)17)19-7-9-3-10(15)5-11(18)4-9/h2-6,19H,7H2,1H3. The normalized spacial score (nSPS) is 10.6. The van der Waals surface area contributed by atoms with Crippen LogP contribution in [0.1, 0.15) is 11.1 Å². The summed E-state index contributed by atoms with van der Waals surface area (Å²) in [6.07, 6.45) is 0. The van der Waals surface area contributed by atoms with Gasteiger partial charge < -0.3 is 5.32 Å². The van der Waals surface area contributed by atoms with Crippen molar-refractivity contribution >= 4 is 49.1 Å². The van der Waals surface area contributed by atoms with Gasteiger partial charge in [-0.3, -0.25) is 0 Å². The molecule has 0 spiro atoms. The summed E-state index contributed by atoms with van der Waals surface area (Å²) in [4.78, 5) is 0. The smallest absolute Gasteiger partial charge is 0.124 e. The molecular formula is C14H11Br2ClFN. The molecule has 0 radical (unpaired) electrons. The second-order valence-electron chi connectivity index (χ2n) is 4.21. The minimum absolute atomic E-state index is 0.257. The topological polar surface area (TPSA) is 12.0 Å². The average Bonchev–Trinajstić information content (AvgIpc) is 2.31. The molecule has 5 heteroatoms. The molecule has 1 nitrogen and oxygen atoms in total. The predicted octanol–water partition coefficient (Wildman–Crippen LogP) is 5.92. The van der Waals surface area contributed by atoms with E-state index in [0.29, 0.717) is 11.6 Å².